The van der Waals surface area contributed by atoms with Gasteiger partial charge in [-0.2, -0.15) is 0 Å². The molecule has 1 fully saturated rings. The second kappa shape index (κ2) is 10.1. The van der Waals surface area contributed by atoms with E-state index in [1.165, 1.54) is 0 Å². The van der Waals surface area contributed by atoms with E-state index in [0.717, 1.165) is 38.3 Å². The summed E-state index contributed by atoms with van der Waals surface area (Å²) in [6, 6.07) is 0. The number of nitrogens with zero attached hydrogens (tertiary/aromatic N) is 1. The topological polar surface area (TPSA) is 23.5 Å². The predicted octanol–water partition coefficient (Wildman–Crippen LogP) is 3.54. The Morgan fingerprint density at radius 2 is 1.69 bits per heavy atom. The molecule has 1 aliphatic heterocycles. The van der Waals surface area contributed by atoms with Crippen LogP contribution in [0, 0.1) is 5.92 Å². The maximum absolute atomic E-state index is 9.81. The maximum atomic E-state index is 9.81. The van der Waals surface area contributed by atoms with Crippen molar-refractivity contribution in [1.29, 1.82) is 0 Å². The van der Waals surface area contributed by atoms with Gasteiger partial charge in [0.2, 0.25) is 0 Å². The van der Waals surface area contributed by atoms with Gasteiger partial charge in [0.25, 0.3) is 0 Å². The molecule has 0 bridgehead atoms. The molecule has 16 heavy (non-hydrogen) atoms. The smallest absolute Gasteiger partial charge is 0.0771 e. The minimum absolute atomic E-state index is 0.382. The summed E-state index contributed by atoms with van der Waals surface area (Å²) >= 11 is 0. The molecule has 1 atom stereocenters. The van der Waals surface area contributed by atoms with Gasteiger partial charge in [-0.25, -0.2) is 0 Å². The Bertz CT molecular complexity index is 145. The molecule has 1 saturated heterocycles. The first-order valence-corrected chi connectivity index (χ1v) is 6.80. The first-order chi connectivity index (χ1) is 7.39. The number of β-amino-alcohol motifs (C(OH)–C–C–N with tert-alkyl or cyclic N) is 1. The number of rotatable bonds is 1. The van der Waals surface area contributed by atoms with Crippen LogP contribution in [-0.2, 0) is 0 Å². The van der Waals surface area contributed by atoms with Crippen LogP contribution in [0.15, 0.2) is 0 Å². The fourth-order valence-electron chi connectivity index (χ4n) is 1.63. The number of hydrogen-bond acceptors (Lipinski definition) is 2. The minimum Gasteiger partial charge on any atom is -0.389 e. The Kier molecular flexibility index (Phi) is 11.5. The molecule has 0 aromatic carbocycles. The van der Waals surface area contributed by atoms with Gasteiger partial charge in [0.05, 0.1) is 5.60 Å². The van der Waals surface area contributed by atoms with Crippen LogP contribution < -0.4 is 0 Å². The lowest BCUT2D eigenvalue weighted by Crippen LogP contribution is -2.45. The fourth-order valence-corrected chi connectivity index (χ4v) is 1.63. The summed E-state index contributed by atoms with van der Waals surface area (Å²) in [6.07, 6.45) is 3.01. The average molecular weight is 231 g/mol. The van der Waals surface area contributed by atoms with Crippen LogP contribution in [0.2, 0.25) is 0 Å². The predicted molar refractivity (Wildman–Crippen MR) is 73.8 cm³/mol. The molecule has 1 aliphatic rings. The quantitative estimate of drug-likeness (QED) is 0.746. The van der Waals surface area contributed by atoms with E-state index < -0.39 is 0 Å². The molecule has 2 heteroatoms. The van der Waals surface area contributed by atoms with Crippen LogP contribution in [-0.4, -0.2) is 35.7 Å². The van der Waals surface area contributed by atoms with Crippen LogP contribution in [0.4, 0.5) is 0 Å². The lowest BCUT2D eigenvalue weighted by molar-refractivity contribution is -0.0256. The first-order valence-electron chi connectivity index (χ1n) is 6.80. The summed E-state index contributed by atoms with van der Waals surface area (Å²) < 4.78 is 0. The Balaban J connectivity index is 0. The van der Waals surface area contributed by atoms with Gasteiger partial charge in [-0.05, 0) is 38.8 Å². The van der Waals surface area contributed by atoms with Crippen LogP contribution in [0.1, 0.15) is 60.8 Å². The van der Waals surface area contributed by atoms with E-state index in [0.29, 0.717) is 0 Å². The van der Waals surface area contributed by atoms with Crippen molar-refractivity contribution in [2.24, 2.45) is 5.92 Å². The van der Waals surface area contributed by atoms with Crippen molar-refractivity contribution in [3.8, 4) is 0 Å². The average Bonchev–Trinajstić information content (AvgIpc) is 2.20. The van der Waals surface area contributed by atoms with Crippen molar-refractivity contribution < 1.29 is 5.11 Å². The molecular weight excluding hydrogens is 198 g/mol. The van der Waals surface area contributed by atoms with Crippen LogP contribution in [0.5, 0.6) is 0 Å². The third-order valence-electron chi connectivity index (χ3n) is 2.40. The Labute approximate surface area is 103 Å². The molecule has 0 aliphatic carbocycles. The highest BCUT2D eigenvalue weighted by Crippen LogP contribution is 2.22. The lowest BCUT2D eigenvalue weighted by Gasteiger charge is -2.36. The van der Waals surface area contributed by atoms with Crippen molar-refractivity contribution in [2.75, 3.05) is 20.1 Å². The second-order valence-electron chi connectivity index (χ2n) is 5.15. The van der Waals surface area contributed by atoms with E-state index in [-0.39, 0.29) is 5.60 Å². The maximum Gasteiger partial charge on any atom is 0.0771 e. The molecule has 100 valence electrons. The van der Waals surface area contributed by atoms with Gasteiger partial charge < -0.3 is 10.0 Å². The molecule has 0 aromatic rings. The number of likely N-dealkylation sites (N-methyl/N-ethyl adjacent to an activating group) is 1. The minimum atomic E-state index is -0.382. The van der Waals surface area contributed by atoms with Crippen molar-refractivity contribution in [1.82, 2.24) is 4.90 Å². The molecular formula is C14H33NO. The van der Waals surface area contributed by atoms with Crippen molar-refractivity contribution in [2.45, 2.75) is 66.4 Å². The second-order valence-corrected chi connectivity index (χ2v) is 5.15. The summed E-state index contributed by atoms with van der Waals surface area (Å²) in [4.78, 5) is 2.20. The Hall–Kier alpha value is -0.0800. The molecule has 1 unspecified atom stereocenters. The zero-order valence-corrected chi connectivity index (χ0v) is 12.5. The number of piperidine rings is 1. The molecule has 0 aromatic heterocycles. The zero-order valence-electron chi connectivity index (χ0n) is 12.5. The van der Waals surface area contributed by atoms with Crippen LogP contribution >= 0.6 is 0 Å². The Morgan fingerprint density at radius 3 is 1.94 bits per heavy atom. The van der Waals surface area contributed by atoms with Gasteiger partial charge in [-0.1, -0.05) is 41.5 Å². The monoisotopic (exact) mass is 231 g/mol. The SMILES string of the molecule is CC.CC(C)C.CCC1(O)CCCN(C)C1. The van der Waals surface area contributed by atoms with E-state index >= 15 is 0 Å². The molecule has 1 heterocycles. The van der Waals surface area contributed by atoms with Crippen molar-refractivity contribution in [3.05, 3.63) is 0 Å². The molecule has 1 rings (SSSR count). The van der Waals surface area contributed by atoms with E-state index in [9.17, 15) is 5.11 Å². The molecule has 0 amide bonds. The van der Waals surface area contributed by atoms with E-state index in [2.05, 4.69) is 39.6 Å². The molecule has 0 radical (unpaired) electrons. The normalized spacial score (nSPS) is 25.3. The van der Waals surface area contributed by atoms with Gasteiger partial charge in [0, 0.05) is 6.54 Å². The van der Waals surface area contributed by atoms with Gasteiger partial charge in [-0.15, -0.1) is 0 Å². The number of hydrogen-bond donors (Lipinski definition) is 1. The highest BCUT2D eigenvalue weighted by atomic mass is 16.3. The molecule has 0 spiro atoms. The van der Waals surface area contributed by atoms with Crippen molar-refractivity contribution in [3.63, 3.8) is 0 Å². The van der Waals surface area contributed by atoms with Gasteiger partial charge in [-0.3, -0.25) is 0 Å². The summed E-state index contributed by atoms with van der Waals surface area (Å²) in [5.74, 6) is 0.833. The van der Waals surface area contributed by atoms with E-state index in [1.54, 1.807) is 0 Å². The highest BCUT2D eigenvalue weighted by molar-refractivity contribution is 4.84. The fraction of sp³-hybridized carbons (Fsp3) is 1.00. The lowest BCUT2D eigenvalue weighted by atomic mass is 9.91. The molecule has 2 nitrogen and oxygen atoms in total. The molecule has 0 saturated carbocycles. The van der Waals surface area contributed by atoms with E-state index in [1.807, 2.05) is 13.8 Å². The van der Waals surface area contributed by atoms with E-state index in [4.69, 9.17) is 0 Å². The largest absolute Gasteiger partial charge is 0.389 e. The van der Waals surface area contributed by atoms with Crippen LogP contribution in [0.25, 0.3) is 0 Å². The highest BCUT2D eigenvalue weighted by Gasteiger charge is 2.29. The zero-order chi connectivity index (χ0) is 13.2. The third-order valence-corrected chi connectivity index (χ3v) is 2.40. The summed E-state index contributed by atoms with van der Waals surface area (Å²) in [5.41, 5.74) is -0.382. The number of aliphatic hydroxyl groups is 1. The number of likely N-dealkylation sites (tertiary alicyclic amines) is 1. The van der Waals surface area contributed by atoms with Gasteiger partial charge in [0.1, 0.15) is 0 Å². The standard InChI is InChI=1S/C8H17NO.C4H10.C2H6/c1-3-8(10)5-4-6-9(2)7-8;1-4(2)3;1-2/h10H,3-7H2,1-2H3;4H,1-3H3;1-2H3. The summed E-state index contributed by atoms with van der Waals surface area (Å²) in [6.45, 7) is 14.5. The molecule has 1 N–H and O–H groups in total. The van der Waals surface area contributed by atoms with Crippen molar-refractivity contribution >= 4 is 0 Å². The van der Waals surface area contributed by atoms with Crippen LogP contribution in [0.3, 0.4) is 0 Å². The van der Waals surface area contributed by atoms with Gasteiger partial charge in [0.15, 0.2) is 0 Å². The third kappa shape index (κ3) is 10.4. The summed E-state index contributed by atoms with van der Waals surface area (Å²) in [5, 5.41) is 9.81. The Morgan fingerprint density at radius 1 is 1.25 bits per heavy atom. The summed E-state index contributed by atoms with van der Waals surface area (Å²) in [7, 11) is 2.07. The first kappa shape index (κ1) is 18.3. The van der Waals surface area contributed by atoms with Gasteiger partial charge >= 0.3 is 0 Å².